The van der Waals surface area contributed by atoms with Crippen LogP contribution in [0.25, 0.3) is 0 Å². The molecule has 30 heavy (non-hydrogen) atoms. The molecule has 6 rings (SSSR count). The number of ether oxygens (including phenoxy) is 2. The summed E-state index contributed by atoms with van der Waals surface area (Å²) in [7, 11) is 0. The highest BCUT2D eigenvalue weighted by molar-refractivity contribution is 5.14. The summed E-state index contributed by atoms with van der Waals surface area (Å²) in [5.74, 6) is 5.03. The van der Waals surface area contributed by atoms with Gasteiger partial charge < -0.3 is 19.7 Å². The molecule has 13 unspecified atom stereocenters. The lowest BCUT2D eigenvalue weighted by Crippen LogP contribution is -2.53. The highest BCUT2D eigenvalue weighted by Crippen LogP contribution is 2.69. The van der Waals surface area contributed by atoms with E-state index in [1.54, 1.807) is 0 Å². The molecule has 0 radical (unpaired) electrons. The van der Waals surface area contributed by atoms with Crippen molar-refractivity contribution in [3.63, 3.8) is 0 Å². The van der Waals surface area contributed by atoms with Crippen LogP contribution in [0.5, 0.6) is 0 Å². The summed E-state index contributed by atoms with van der Waals surface area (Å²) >= 11 is 0. The molecular formula is C26H42O4. The van der Waals surface area contributed by atoms with Gasteiger partial charge >= 0.3 is 0 Å². The minimum Gasteiger partial charge on any atom is -0.390 e. The second-order valence-corrected chi connectivity index (χ2v) is 12.6. The van der Waals surface area contributed by atoms with Crippen LogP contribution in [0.15, 0.2) is 0 Å². The van der Waals surface area contributed by atoms with Crippen molar-refractivity contribution in [3.05, 3.63) is 0 Å². The van der Waals surface area contributed by atoms with Crippen molar-refractivity contribution in [2.45, 2.75) is 103 Å². The van der Waals surface area contributed by atoms with Gasteiger partial charge in [-0.25, -0.2) is 0 Å². The van der Waals surface area contributed by atoms with Gasteiger partial charge in [0.25, 0.3) is 0 Å². The second-order valence-electron chi connectivity index (χ2n) is 12.6. The van der Waals surface area contributed by atoms with E-state index in [-0.39, 0.29) is 5.79 Å². The van der Waals surface area contributed by atoms with Crippen molar-refractivity contribution < 1.29 is 19.7 Å². The molecule has 6 fully saturated rings. The molecule has 2 N–H and O–H groups in total. The van der Waals surface area contributed by atoms with E-state index in [2.05, 4.69) is 20.8 Å². The van der Waals surface area contributed by atoms with Crippen LogP contribution >= 0.6 is 0 Å². The van der Waals surface area contributed by atoms with Crippen molar-refractivity contribution in [1.82, 2.24) is 0 Å². The highest BCUT2D eigenvalue weighted by atomic mass is 16.7. The molecular weight excluding hydrogens is 376 g/mol. The Labute approximate surface area is 182 Å². The van der Waals surface area contributed by atoms with Crippen LogP contribution in [0.1, 0.15) is 78.6 Å². The Bertz CT molecular complexity index is 672. The zero-order chi connectivity index (χ0) is 20.8. The van der Waals surface area contributed by atoms with E-state index in [9.17, 15) is 10.2 Å². The maximum absolute atomic E-state index is 10.4. The van der Waals surface area contributed by atoms with E-state index in [1.165, 1.54) is 38.5 Å². The molecule has 2 heterocycles. The number of rotatable bonds is 0. The van der Waals surface area contributed by atoms with E-state index in [0.717, 1.165) is 43.6 Å². The maximum Gasteiger partial charge on any atom is 0.171 e. The van der Waals surface area contributed by atoms with Crippen LogP contribution in [0.3, 0.4) is 0 Å². The molecule has 2 saturated heterocycles. The normalized spacial score (nSPS) is 62.5. The third-order valence-corrected chi connectivity index (χ3v) is 11.3. The number of fused-ring (bicyclic) bond motifs is 7. The summed E-state index contributed by atoms with van der Waals surface area (Å²) in [5, 5.41) is 20.6. The van der Waals surface area contributed by atoms with Gasteiger partial charge in [0.05, 0.1) is 24.9 Å². The Balaban J connectivity index is 1.24. The summed E-state index contributed by atoms with van der Waals surface area (Å²) in [4.78, 5) is 0. The fraction of sp³-hybridized carbons (Fsp3) is 1.00. The van der Waals surface area contributed by atoms with E-state index < -0.39 is 12.2 Å². The Morgan fingerprint density at radius 2 is 1.63 bits per heavy atom. The average molecular weight is 419 g/mol. The quantitative estimate of drug-likeness (QED) is 0.613. The van der Waals surface area contributed by atoms with Crippen LogP contribution in [0, 0.1) is 52.8 Å². The van der Waals surface area contributed by atoms with Gasteiger partial charge in [0.2, 0.25) is 0 Å². The first-order valence-corrected chi connectivity index (χ1v) is 13.0. The lowest BCUT2D eigenvalue weighted by Gasteiger charge is -2.57. The van der Waals surface area contributed by atoms with Gasteiger partial charge in [-0.05, 0) is 98.2 Å². The largest absolute Gasteiger partial charge is 0.390 e. The molecule has 170 valence electrons. The van der Waals surface area contributed by atoms with Crippen molar-refractivity contribution >= 4 is 0 Å². The standard InChI is InChI=1S/C26H42O4/c1-14-6-9-26(29-13-14)15(2)24-23(30-26)12-20-18-5-4-16-10-21(27)22(28)11-19(16)17(18)7-8-25(20,24)3/h14-24,27-28H,4-13H2,1-3H3. The molecule has 0 aromatic heterocycles. The van der Waals surface area contributed by atoms with Crippen LogP contribution in [0.4, 0.5) is 0 Å². The van der Waals surface area contributed by atoms with E-state index in [0.29, 0.717) is 41.1 Å². The lowest BCUT2D eigenvalue weighted by atomic mass is 9.48. The van der Waals surface area contributed by atoms with Gasteiger partial charge in [-0.1, -0.05) is 20.8 Å². The Morgan fingerprint density at radius 3 is 2.40 bits per heavy atom. The van der Waals surface area contributed by atoms with Crippen LogP contribution in [0.2, 0.25) is 0 Å². The van der Waals surface area contributed by atoms with Gasteiger partial charge in [0, 0.05) is 12.3 Å². The number of aliphatic hydroxyl groups excluding tert-OH is 2. The predicted molar refractivity (Wildman–Crippen MR) is 114 cm³/mol. The zero-order valence-electron chi connectivity index (χ0n) is 19.1. The van der Waals surface area contributed by atoms with Gasteiger partial charge in [0.15, 0.2) is 5.79 Å². The van der Waals surface area contributed by atoms with Crippen LogP contribution in [-0.4, -0.2) is 40.9 Å². The highest BCUT2D eigenvalue weighted by Gasteiger charge is 2.68. The molecule has 4 nitrogen and oxygen atoms in total. The molecule has 2 aliphatic heterocycles. The van der Waals surface area contributed by atoms with Crippen molar-refractivity contribution in [2.75, 3.05) is 6.61 Å². The van der Waals surface area contributed by atoms with E-state index >= 15 is 0 Å². The molecule has 4 heteroatoms. The smallest absolute Gasteiger partial charge is 0.171 e. The first kappa shape index (κ1) is 20.4. The number of hydrogen-bond donors (Lipinski definition) is 2. The Morgan fingerprint density at radius 1 is 0.833 bits per heavy atom. The minimum atomic E-state index is -0.504. The second kappa shape index (κ2) is 6.92. The molecule has 0 amide bonds. The first-order chi connectivity index (χ1) is 14.3. The molecule has 0 aromatic carbocycles. The zero-order valence-corrected chi connectivity index (χ0v) is 19.1. The van der Waals surface area contributed by atoms with Gasteiger partial charge in [0.1, 0.15) is 0 Å². The van der Waals surface area contributed by atoms with E-state index in [1.807, 2.05) is 0 Å². The van der Waals surface area contributed by atoms with Crippen LogP contribution in [-0.2, 0) is 9.47 Å². The fourth-order valence-electron chi connectivity index (χ4n) is 9.81. The third-order valence-electron chi connectivity index (χ3n) is 11.3. The number of hydrogen-bond acceptors (Lipinski definition) is 4. The molecule has 6 aliphatic rings. The lowest BCUT2D eigenvalue weighted by molar-refractivity contribution is -0.272. The van der Waals surface area contributed by atoms with Gasteiger partial charge in [-0.2, -0.15) is 0 Å². The molecule has 1 spiro atoms. The maximum atomic E-state index is 10.4. The summed E-state index contributed by atoms with van der Waals surface area (Å²) in [6, 6.07) is 0. The molecule has 0 bridgehead atoms. The topological polar surface area (TPSA) is 58.9 Å². The Kier molecular flexibility index (Phi) is 4.72. The average Bonchev–Trinajstić information content (AvgIpc) is 3.16. The van der Waals surface area contributed by atoms with Gasteiger partial charge in [-0.15, -0.1) is 0 Å². The molecule has 4 aliphatic carbocycles. The summed E-state index contributed by atoms with van der Waals surface area (Å²) in [6.45, 7) is 8.17. The van der Waals surface area contributed by atoms with Crippen molar-refractivity contribution in [2.24, 2.45) is 52.8 Å². The minimum absolute atomic E-state index is 0.312. The summed E-state index contributed by atoms with van der Waals surface area (Å²) < 4.78 is 13.3. The predicted octanol–water partition coefficient (Wildman–Crippen LogP) is 4.37. The fourth-order valence-corrected chi connectivity index (χ4v) is 9.81. The SMILES string of the molecule is CC1CCC2(OC1)OC1CC3C4CCC5CC(O)C(O)CC5C4CCC3(C)C1C2C. The first-order valence-electron chi connectivity index (χ1n) is 13.0. The summed E-state index contributed by atoms with van der Waals surface area (Å²) in [5.41, 5.74) is 0.376. The van der Waals surface area contributed by atoms with Crippen LogP contribution < -0.4 is 0 Å². The third kappa shape index (κ3) is 2.72. The Hall–Kier alpha value is -0.160. The van der Waals surface area contributed by atoms with Crippen molar-refractivity contribution in [3.8, 4) is 0 Å². The van der Waals surface area contributed by atoms with E-state index in [4.69, 9.17) is 9.47 Å². The van der Waals surface area contributed by atoms with Crippen molar-refractivity contribution in [1.29, 1.82) is 0 Å². The van der Waals surface area contributed by atoms with Gasteiger partial charge in [-0.3, -0.25) is 0 Å². The molecule has 4 saturated carbocycles. The monoisotopic (exact) mass is 418 g/mol. The summed E-state index contributed by atoms with van der Waals surface area (Å²) in [6.07, 6.45) is 9.72. The molecule has 0 aromatic rings. The number of aliphatic hydroxyl groups is 2. The molecule has 13 atom stereocenters.